The Kier molecular flexibility index (Phi) is 5.22. The zero-order chi connectivity index (χ0) is 15.2. The average molecular weight is 303 g/mol. The van der Waals surface area contributed by atoms with E-state index in [0.717, 1.165) is 18.7 Å². The third-order valence-corrected chi connectivity index (χ3v) is 4.27. The van der Waals surface area contributed by atoms with Crippen molar-refractivity contribution in [2.24, 2.45) is 0 Å². The third-order valence-electron chi connectivity index (χ3n) is 3.31. The highest BCUT2D eigenvalue weighted by atomic mass is 32.1. The van der Waals surface area contributed by atoms with E-state index in [1.807, 2.05) is 6.92 Å². The lowest BCUT2D eigenvalue weighted by Gasteiger charge is -2.11. The van der Waals surface area contributed by atoms with E-state index in [-0.39, 0.29) is 5.91 Å². The minimum absolute atomic E-state index is 0.0779. The molecule has 0 aliphatic carbocycles. The van der Waals surface area contributed by atoms with Gasteiger partial charge in [-0.3, -0.25) is 4.79 Å². The van der Waals surface area contributed by atoms with Gasteiger partial charge in [-0.15, -0.1) is 11.3 Å². The molecular formula is C16H21N3OS. The number of carbonyl (C=O) groups is 1. The van der Waals surface area contributed by atoms with E-state index in [1.54, 1.807) is 29.5 Å². The Hall–Kier alpha value is -2.01. The van der Waals surface area contributed by atoms with Crippen LogP contribution < -0.4 is 16.4 Å². The molecule has 1 heterocycles. The lowest BCUT2D eigenvalue weighted by molar-refractivity contribution is 0.0956. The second-order valence-corrected chi connectivity index (χ2v) is 5.74. The molecule has 4 N–H and O–H groups in total. The van der Waals surface area contributed by atoms with Crippen LogP contribution in [0.1, 0.15) is 34.6 Å². The molecule has 1 amide bonds. The number of nitrogens with one attached hydrogen (secondary N) is 2. The largest absolute Gasteiger partial charge is 0.397 e. The van der Waals surface area contributed by atoms with Gasteiger partial charge in [-0.25, -0.2) is 0 Å². The summed E-state index contributed by atoms with van der Waals surface area (Å²) in [4.78, 5) is 13.2. The number of thiophene rings is 1. The normalized spacial score (nSPS) is 10.4. The SMILES string of the molecule is CCNC(=O)c1ccc(N)c(NCc2sccc2CC)c1. The Morgan fingerprint density at radius 3 is 2.81 bits per heavy atom. The van der Waals surface area contributed by atoms with Gasteiger partial charge in [0.2, 0.25) is 0 Å². The Morgan fingerprint density at radius 1 is 1.29 bits per heavy atom. The molecule has 1 aromatic heterocycles. The highest BCUT2D eigenvalue weighted by molar-refractivity contribution is 7.10. The van der Waals surface area contributed by atoms with Crippen LogP contribution >= 0.6 is 11.3 Å². The molecule has 0 aliphatic heterocycles. The number of carbonyl (C=O) groups excluding carboxylic acids is 1. The van der Waals surface area contributed by atoms with Crippen molar-refractivity contribution in [3.05, 3.63) is 45.6 Å². The number of hydrogen-bond donors (Lipinski definition) is 3. The van der Waals surface area contributed by atoms with Gasteiger partial charge in [0, 0.05) is 23.5 Å². The fourth-order valence-electron chi connectivity index (χ4n) is 2.13. The predicted molar refractivity (Wildman–Crippen MR) is 89.9 cm³/mol. The molecule has 0 atom stereocenters. The number of aryl methyl sites for hydroxylation is 1. The lowest BCUT2D eigenvalue weighted by Crippen LogP contribution is -2.22. The zero-order valence-electron chi connectivity index (χ0n) is 12.4. The van der Waals surface area contributed by atoms with E-state index >= 15 is 0 Å². The Labute approximate surface area is 129 Å². The fourth-order valence-corrected chi connectivity index (χ4v) is 3.04. The molecular weight excluding hydrogens is 282 g/mol. The van der Waals surface area contributed by atoms with Crippen LogP contribution in [0, 0.1) is 0 Å². The fraction of sp³-hybridized carbons (Fsp3) is 0.312. The van der Waals surface area contributed by atoms with Gasteiger partial charge in [-0.1, -0.05) is 6.92 Å². The third kappa shape index (κ3) is 3.76. The van der Waals surface area contributed by atoms with Crippen LogP contribution in [0.4, 0.5) is 11.4 Å². The van der Waals surface area contributed by atoms with Gasteiger partial charge in [-0.2, -0.15) is 0 Å². The summed E-state index contributed by atoms with van der Waals surface area (Å²) in [5.41, 5.74) is 9.41. The molecule has 0 fully saturated rings. The maximum Gasteiger partial charge on any atom is 0.251 e. The molecule has 0 unspecified atom stereocenters. The minimum atomic E-state index is -0.0779. The van der Waals surface area contributed by atoms with Crippen molar-refractivity contribution in [3.63, 3.8) is 0 Å². The predicted octanol–water partition coefficient (Wildman–Crippen LogP) is 3.25. The van der Waals surface area contributed by atoms with Crippen molar-refractivity contribution in [3.8, 4) is 0 Å². The van der Waals surface area contributed by atoms with E-state index in [0.29, 0.717) is 17.8 Å². The van der Waals surface area contributed by atoms with Crippen molar-refractivity contribution in [1.82, 2.24) is 5.32 Å². The molecule has 2 aromatic rings. The molecule has 0 spiro atoms. The molecule has 0 bridgehead atoms. The molecule has 5 heteroatoms. The number of benzene rings is 1. The minimum Gasteiger partial charge on any atom is -0.397 e. The van der Waals surface area contributed by atoms with E-state index < -0.39 is 0 Å². The Bertz CT molecular complexity index is 622. The first kappa shape index (κ1) is 15.4. The van der Waals surface area contributed by atoms with Gasteiger partial charge < -0.3 is 16.4 Å². The second kappa shape index (κ2) is 7.13. The molecule has 0 saturated heterocycles. The standard InChI is InChI=1S/C16H21N3OS/c1-3-11-7-8-21-15(11)10-19-14-9-12(5-6-13(14)17)16(20)18-4-2/h5-9,19H,3-4,10,17H2,1-2H3,(H,18,20). The van der Waals surface area contributed by atoms with Gasteiger partial charge in [0.25, 0.3) is 5.91 Å². The number of amides is 1. The molecule has 1 aromatic carbocycles. The van der Waals surface area contributed by atoms with Gasteiger partial charge in [-0.05, 0) is 48.6 Å². The van der Waals surface area contributed by atoms with E-state index in [2.05, 4.69) is 29.0 Å². The number of hydrogen-bond acceptors (Lipinski definition) is 4. The van der Waals surface area contributed by atoms with Gasteiger partial charge in [0.05, 0.1) is 11.4 Å². The summed E-state index contributed by atoms with van der Waals surface area (Å²) in [5.74, 6) is -0.0779. The summed E-state index contributed by atoms with van der Waals surface area (Å²) in [6.07, 6.45) is 1.02. The number of anilines is 2. The highest BCUT2D eigenvalue weighted by Gasteiger charge is 2.08. The van der Waals surface area contributed by atoms with Crippen LogP contribution in [-0.4, -0.2) is 12.5 Å². The van der Waals surface area contributed by atoms with E-state index in [1.165, 1.54) is 10.4 Å². The molecule has 112 valence electrons. The van der Waals surface area contributed by atoms with Crippen molar-refractivity contribution in [2.45, 2.75) is 26.8 Å². The first-order valence-corrected chi connectivity index (χ1v) is 8.00. The second-order valence-electron chi connectivity index (χ2n) is 4.74. The quantitative estimate of drug-likeness (QED) is 0.718. The van der Waals surface area contributed by atoms with Crippen molar-refractivity contribution < 1.29 is 4.79 Å². The van der Waals surface area contributed by atoms with Crippen molar-refractivity contribution in [1.29, 1.82) is 0 Å². The van der Waals surface area contributed by atoms with Crippen molar-refractivity contribution >= 4 is 28.6 Å². The molecule has 0 saturated carbocycles. The van der Waals surface area contributed by atoms with E-state index in [9.17, 15) is 4.79 Å². The summed E-state index contributed by atoms with van der Waals surface area (Å²) in [5, 5.41) is 8.23. The van der Waals surface area contributed by atoms with Crippen molar-refractivity contribution in [2.75, 3.05) is 17.6 Å². The van der Waals surface area contributed by atoms with E-state index in [4.69, 9.17) is 5.73 Å². The summed E-state index contributed by atoms with van der Waals surface area (Å²) >= 11 is 1.74. The summed E-state index contributed by atoms with van der Waals surface area (Å²) in [6, 6.07) is 7.46. The lowest BCUT2D eigenvalue weighted by atomic mass is 10.1. The molecule has 4 nitrogen and oxygen atoms in total. The van der Waals surface area contributed by atoms with Crippen LogP contribution in [0.3, 0.4) is 0 Å². The van der Waals surface area contributed by atoms with Crippen LogP contribution in [0.2, 0.25) is 0 Å². The van der Waals surface area contributed by atoms with Gasteiger partial charge in [0.15, 0.2) is 0 Å². The summed E-state index contributed by atoms with van der Waals surface area (Å²) in [7, 11) is 0. The molecule has 0 radical (unpaired) electrons. The monoisotopic (exact) mass is 303 g/mol. The Morgan fingerprint density at radius 2 is 2.10 bits per heavy atom. The van der Waals surface area contributed by atoms with Crippen LogP contribution in [-0.2, 0) is 13.0 Å². The molecule has 2 rings (SSSR count). The number of nitrogen functional groups attached to an aromatic ring is 1. The maximum atomic E-state index is 11.9. The molecule has 21 heavy (non-hydrogen) atoms. The topological polar surface area (TPSA) is 67.2 Å². The van der Waals surface area contributed by atoms with Crippen LogP contribution in [0.25, 0.3) is 0 Å². The van der Waals surface area contributed by atoms with Crippen LogP contribution in [0.15, 0.2) is 29.6 Å². The van der Waals surface area contributed by atoms with Gasteiger partial charge in [0.1, 0.15) is 0 Å². The van der Waals surface area contributed by atoms with Crippen LogP contribution in [0.5, 0.6) is 0 Å². The average Bonchev–Trinajstić information content (AvgIpc) is 2.94. The highest BCUT2D eigenvalue weighted by Crippen LogP contribution is 2.23. The molecule has 0 aliphatic rings. The summed E-state index contributed by atoms with van der Waals surface area (Å²) in [6.45, 7) is 5.39. The number of nitrogens with two attached hydrogens (primary N) is 1. The maximum absolute atomic E-state index is 11.9. The first-order chi connectivity index (χ1) is 10.2. The Balaban J connectivity index is 2.12. The smallest absolute Gasteiger partial charge is 0.251 e. The first-order valence-electron chi connectivity index (χ1n) is 7.12. The zero-order valence-corrected chi connectivity index (χ0v) is 13.2. The number of rotatable bonds is 6. The van der Waals surface area contributed by atoms with Gasteiger partial charge >= 0.3 is 0 Å². The summed E-state index contributed by atoms with van der Waals surface area (Å²) < 4.78 is 0.